The van der Waals surface area contributed by atoms with Crippen LogP contribution in [0.5, 0.6) is 0 Å². The molecule has 1 aliphatic heterocycles. The quantitative estimate of drug-likeness (QED) is 0.373. The Morgan fingerprint density at radius 1 is 0.971 bits per heavy atom. The van der Waals surface area contributed by atoms with Gasteiger partial charge in [-0.15, -0.1) is 21.5 Å². The monoisotopic (exact) mass is 482 g/mol. The predicted octanol–water partition coefficient (Wildman–Crippen LogP) is 5.75. The normalized spacial score (nSPS) is 13.4. The number of aryl methyl sites for hydroxylation is 3. The zero-order valence-electron chi connectivity index (χ0n) is 19.0. The maximum atomic E-state index is 13.7. The molecule has 0 aliphatic carbocycles. The maximum absolute atomic E-state index is 13.7. The van der Waals surface area contributed by atoms with E-state index < -0.39 is 11.9 Å². The van der Waals surface area contributed by atoms with Crippen LogP contribution in [0.1, 0.15) is 44.2 Å². The van der Waals surface area contributed by atoms with Crippen molar-refractivity contribution in [3.63, 3.8) is 0 Å². The van der Waals surface area contributed by atoms with Gasteiger partial charge >= 0.3 is 6.18 Å². The van der Waals surface area contributed by atoms with Gasteiger partial charge in [0.05, 0.1) is 6.54 Å². The highest BCUT2D eigenvalue weighted by Crippen LogP contribution is 2.39. The fourth-order valence-electron chi connectivity index (χ4n) is 4.02. The molecule has 0 fully saturated rings. The second-order valence-corrected chi connectivity index (χ2v) is 9.43. The van der Waals surface area contributed by atoms with Crippen LogP contribution < -0.4 is 5.01 Å². The van der Waals surface area contributed by atoms with Gasteiger partial charge in [0.1, 0.15) is 22.2 Å². The van der Waals surface area contributed by atoms with Gasteiger partial charge in [-0.05, 0) is 39.3 Å². The molecule has 1 aromatic carbocycles. The molecule has 0 radical (unpaired) electrons. The zero-order valence-corrected chi connectivity index (χ0v) is 19.8. The lowest BCUT2D eigenvalue weighted by atomic mass is 9.99. The van der Waals surface area contributed by atoms with Gasteiger partial charge in [0.2, 0.25) is 0 Å². The number of thiophene rings is 1. The summed E-state index contributed by atoms with van der Waals surface area (Å²) in [5, 5.41) is 15.8. The number of halogens is 3. The summed E-state index contributed by atoms with van der Waals surface area (Å²) in [4.78, 5) is 4.73. The molecule has 0 saturated heterocycles. The molecule has 34 heavy (non-hydrogen) atoms. The number of rotatable bonds is 3. The molecule has 10 heteroatoms. The minimum absolute atomic E-state index is 0.00682. The van der Waals surface area contributed by atoms with E-state index in [-0.39, 0.29) is 12.1 Å². The van der Waals surface area contributed by atoms with Crippen molar-refractivity contribution in [2.75, 3.05) is 5.01 Å². The van der Waals surface area contributed by atoms with E-state index in [0.29, 0.717) is 17.5 Å². The standard InChI is InChI=1S/C24H21F3N6S/c1-13-7-9-17(10-8-13)20-19-14(2)15(3)34-22(19)33-16(4)29-30-23(33)32(31-20)12-18-6-5-11-28-21(18)24(25,26)27/h5-11H,12H2,1-4H3. The molecule has 0 spiro atoms. The Bertz CT molecular complexity index is 1420. The molecular formula is C24H21F3N6S. The molecule has 3 aromatic heterocycles. The van der Waals surface area contributed by atoms with Crippen molar-refractivity contribution >= 4 is 23.0 Å². The summed E-state index contributed by atoms with van der Waals surface area (Å²) in [5.74, 6) is 0.990. The van der Waals surface area contributed by atoms with Crippen LogP contribution in [0, 0.1) is 27.7 Å². The number of hydrogen-bond acceptors (Lipinski definition) is 6. The molecule has 0 unspecified atom stereocenters. The lowest BCUT2D eigenvalue weighted by Crippen LogP contribution is -2.23. The van der Waals surface area contributed by atoms with Crippen molar-refractivity contribution in [3.8, 4) is 5.00 Å². The molecule has 4 heterocycles. The maximum Gasteiger partial charge on any atom is 0.433 e. The Morgan fingerprint density at radius 3 is 2.41 bits per heavy atom. The van der Waals surface area contributed by atoms with Gasteiger partial charge in [0.15, 0.2) is 0 Å². The third kappa shape index (κ3) is 3.67. The Kier molecular flexibility index (Phi) is 5.27. The zero-order chi connectivity index (χ0) is 24.2. The average molecular weight is 483 g/mol. The van der Waals surface area contributed by atoms with Crippen LogP contribution in [-0.4, -0.2) is 25.5 Å². The van der Waals surface area contributed by atoms with E-state index in [1.807, 2.05) is 56.5 Å². The van der Waals surface area contributed by atoms with Crippen LogP contribution in [-0.2, 0) is 12.7 Å². The van der Waals surface area contributed by atoms with Gasteiger partial charge in [0.25, 0.3) is 5.95 Å². The van der Waals surface area contributed by atoms with E-state index >= 15 is 0 Å². The fraction of sp³-hybridized carbons (Fsp3) is 0.250. The summed E-state index contributed by atoms with van der Waals surface area (Å²) in [6.07, 6.45) is -3.44. The highest BCUT2D eigenvalue weighted by atomic mass is 32.1. The molecule has 0 amide bonds. The Morgan fingerprint density at radius 2 is 1.71 bits per heavy atom. The van der Waals surface area contributed by atoms with E-state index in [4.69, 9.17) is 5.10 Å². The van der Waals surface area contributed by atoms with Crippen LogP contribution in [0.4, 0.5) is 19.1 Å². The third-order valence-electron chi connectivity index (χ3n) is 5.87. The number of aromatic nitrogens is 4. The molecule has 0 bridgehead atoms. The van der Waals surface area contributed by atoms with Gasteiger partial charge in [-0.3, -0.25) is 9.55 Å². The first-order valence-corrected chi connectivity index (χ1v) is 11.4. The lowest BCUT2D eigenvalue weighted by molar-refractivity contribution is -0.141. The summed E-state index contributed by atoms with van der Waals surface area (Å²) >= 11 is 1.59. The van der Waals surface area contributed by atoms with Gasteiger partial charge < -0.3 is 0 Å². The highest BCUT2D eigenvalue weighted by molar-refractivity contribution is 7.15. The largest absolute Gasteiger partial charge is 0.433 e. The Labute approximate surface area is 198 Å². The van der Waals surface area contributed by atoms with Crippen molar-refractivity contribution in [1.29, 1.82) is 0 Å². The smallest absolute Gasteiger partial charge is 0.254 e. The van der Waals surface area contributed by atoms with E-state index in [2.05, 4.69) is 15.2 Å². The van der Waals surface area contributed by atoms with Crippen LogP contribution in [0.3, 0.4) is 0 Å². The molecular weight excluding hydrogens is 461 g/mol. The highest BCUT2D eigenvalue weighted by Gasteiger charge is 2.37. The number of hydrogen-bond donors (Lipinski definition) is 0. The van der Waals surface area contributed by atoms with E-state index in [1.54, 1.807) is 11.3 Å². The fourth-order valence-corrected chi connectivity index (χ4v) is 5.22. The van der Waals surface area contributed by atoms with Crippen LogP contribution >= 0.6 is 11.3 Å². The molecule has 0 atom stereocenters. The number of pyridine rings is 1. The van der Waals surface area contributed by atoms with Crippen molar-refractivity contribution in [2.24, 2.45) is 5.10 Å². The topological polar surface area (TPSA) is 59.2 Å². The van der Waals surface area contributed by atoms with Crippen molar-refractivity contribution in [2.45, 2.75) is 40.4 Å². The molecule has 5 rings (SSSR count). The number of anilines is 1. The van der Waals surface area contributed by atoms with Crippen LogP contribution in [0.25, 0.3) is 5.00 Å². The van der Waals surface area contributed by atoms with E-state index in [9.17, 15) is 13.2 Å². The third-order valence-corrected chi connectivity index (χ3v) is 7.06. The van der Waals surface area contributed by atoms with Crippen molar-refractivity contribution in [1.82, 2.24) is 19.7 Å². The number of benzene rings is 1. The molecule has 174 valence electrons. The van der Waals surface area contributed by atoms with Crippen LogP contribution in [0.15, 0.2) is 47.7 Å². The molecule has 1 aliphatic rings. The van der Waals surface area contributed by atoms with E-state index in [0.717, 1.165) is 38.3 Å². The summed E-state index contributed by atoms with van der Waals surface area (Å²) in [5.41, 5.74) is 3.73. The number of nitrogens with zero attached hydrogens (tertiary/aromatic N) is 6. The number of fused-ring (bicyclic) bond motifs is 3. The minimum Gasteiger partial charge on any atom is -0.254 e. The molecule has 6 nitrogen and oxygen atoms in total. The summed E-state index contributed by atoms with van der Waals surface area (Å²) in [7, 11) is 0. The molecule has 0 N–H and O–H groups in total. The van der Waals surface area contributed by atoms with Crippen molar-refractivity contribution in [3.05, 3.63) is 86.8 Å². The summed E-state index contributed by atoms with van der Waals surface area (Å²) in [6.45, 7) is 7.74. The number of alkyl halides is 3. The summed E-state index contributed by atoms with van der Waals surface area (Å²) < 4.78 is 42.9. The van der Waals surface area contributed by atoms with Gasteiger partial charge in [-0.25, -0.2) is 5.01 Å². The lowest BCUT2D eigenvalue weighted by Gasteiger charge is -2.20. The van der Waals surface area contributed by atoms with Gasteiger partial charge in [-0.2, -0.15) is 18.3 Å². The van der Waals surface area contributed by atoms with Crippen molar-refractivity contribution < 1.29 is 13.2 Å². The Balaban J connectivity index is 1.75. The summed E-state index contributed by atoms with van der Waals surface area (Å²) in [6, 6.07) is 10.9. The van der Waals surface area contributed by atoms with Gasteiger partial charge in [0, 0.05) is 27.8 Å². The van der Waals surface area contributed by atoms with Gasteiger partial charge in [-0.1, -0.05) is 35.9 Å². The minimum atomic E-state index is -4.58. The predicted molar refractivity (Wildman–Crippen MR) is 126 cm³/mol. The SMILES string of the molecule is Cc1ccc(C2=NN(Cc3cccnc3C(F)(F)F)c3nnc(C)n3-c3sc(C)c(C)c32)cc1. The first-order valence-electron chi connectivity index (χ1n) is 10.6. The molecule has 4 aromatic rings. The average Bonchev–Trinajstić information content (AvgIpc) is 3.26. The second kappa shape index (κ2) is 8.05. The van der Waals surface area contributed by atoms with Crippen LogP contribution in [0.2, 0.25) is 0 Å². The first kappa shape index (κ1) is 22.3. The molecule has 0 saturated carbocycles. The van der Waals surface area contributed by atoms with E-state index in [1.165, 1.54) is 17.1 Å². The Hall–Kier alpha value is -3.53. The first-order chi connectivity index (χ1) is 16.1. The number of hydrazone groups is 1. The second-order valence-electron chi connectivity index (χ2n) is 8.23.